The van der Waals surface area contributed by atoms with Gasteiger partial charge in [0.15, 0.2) is 0 Å². The number of carbonyl (C=O) groups excluding carboxylic acids is 1. The molecule has 1 unspecified atom stereocenters. The van der Waals surface area contributed by atoms with Crippen molar-refractivity contribution in [1.29, 1.82) is 0 Å². The molecule has 0 aliphatic carbocycles. The molecule has 0 radical (unpaired) electrons. The maximum absolute atomic E-state index is 10.2. The van der Waals surface area contributed by atoms with E-state index in [0.29, 0.717) is 6.42 Å². The molecule has 0 aliphatic rings. The molecule has 0 aromatic heterocycles. The number of carbonyl (C=O) groups is 1. The third-order valence-electron chi connectivity index (χ3n) is 4.06. The Kier molecular flexibility index (Phi) is 23.1. The summed E-state index contributed by atoms with van der Waals surface area (Å²) in [4.78, 5) is 10.2. The normalized spacial score (nSPS) is 11.9. The van der Waals surface area contributed by atoms with Gasteiger partial charge in [0.1, 0.15) is 0 Å². The SMILES string of the molecule is CCCCCCCCCCCC(O)CCCCCC(=O)[O-].[K+]. The fraction of sp³-hybridized carbons (Fsp3) is 0.944. The van der Waals surface area contributed by atoms with Gasteiger partial charge in [0.2, 0.25) is 0 Å². The van der Waals surface area contributed by atoms with Crippen molar-refractivity contribution in [3.8, 4) is 0 Å². The third kappa shape index (κ3) is 21.1. The molecule has 1 atom stereocenters. The number of aliphatic hydroxyl groups is 1. The molecule has 0 saturated heterocycles. The van der Waals surface area contributed by atoms with Crippen LogP contribution in [0, 0.1) is 0 Å². The summed E-state index contributed by atoms with van der Waals surface area (Å²) in [6.07, 6.45) is 15.9. The third-order valence-corrected chi connectivity index (χ3v) is 4.06. The Labute approximate surface area is 180 Å². The number of aliphatic carboxylic acids is 1. The van der Waals surface area contributed by atoms with E-state index in [1.807, 2.05) is 0 Å². The fourth-order valence-corrected chi connectivity index (χ4v) is 2.66. The molecular weight excluding hydrogens is 303 g/mol. The van der Waals surface area contributed by atoms with Crippen LogP contribution in [0.1, 0.15) is 103 Å². The Morgan fingerprint density at radius 2 is 1.23 bits per heavy atom. The minimum absolute atomic E-state index is 0. The fourth-order valence-electron chi connectivity index (χ4n) is 2.66. The van der Waals surface area contributed by atoms with Crippen LogP contribution >= 0.6 is 0 Å². The zero-order valence-corrected chi connectivity index (χ0v) is 18.1. The smallest absolute Gasteiger partial charge is 0.550 e. The van der Waals surface area contributed by atoms with Gasteiger partial charge in [-0.3, -0.25) is 0 Å². The summed E-state index contributed by atoms with van der Waals surface area (Å²) in [5.41, 5.74) is 0. The molecule has 0 saturated carbocycles. The van der Waals surface area contributed by atoms with Crippen molar-refractivity contribution in [1.82, 2.24) is 0 Å². The van der Waals surface area contributed by atoms with E-state index in [2.05, 4.69) is 6.92 Å². The molecule has 0 spiro atoms. The molecule has 0 fully saturated rings. The van der Waals surface area contributed by atoms with Crippen LogP contribution in [0.2, 0.25) is 0 Å². The molecule has 126 valence electrons. The quantitative estimate of drug-likeness (QED) is 0.337. The van der Waals surface area contributed by atoms with Gasteiger partial charge in [0.05, 0.1) is 6.10 Å². The second-order valence-corrected chi connectivity index (χ2v) is 6.24. The summed E-state index contributed by atoms with van der Waals surface area (Å²) < 4.78 is 0. The van der Waals surface area contributed by atoms with Crippen LogP contribution in [0.25, 0.3) is 0 Å². The van der Waals surface area contributed by atoms with Crippen molar-refractivity contribution in [2.45, 2.75) is 109 Å². The van der Waals surface area contributed by atoms with Crippen LogP contribution in [0.3, 0.4) is 0 Å². The largest absolute Gasteiger partial charge is 1.00 e. The van der Waals surface area contributed by atoms with Crippen molar-refractivity contribution in [2.75, 3.05) is 0 Å². The Bertz CT molecular complexity index is 234. The number of hydrogen-bond acceptors (Lipinski definition) is 3. The number of unbranched alkanes of at least 4 members (excludes halogenated alkanes) is 10. The molecule has 0 aliphatic heterocycles. The van der Waals surface area contributed by atoms with E-state index in [1.165, 1.54) is 51.4 Å². The first-order chi connectivity index (χ1) is 10.2. The monoisotopic (exact) mass is 338 g/mol. The summed E-state index contributed by atoms with van der Waals surface area (Å²) in [7, 11) is 0. The van der Waals surface area contributed by atoms with Crippen LogP contribution in [0.4, 0.5) is 0 Å². The van der Waals surface area contributed by atoms with Crippen LogP contribution in [-0.2, 0) is 4.79 Å². The number of rotatable bonds is 16. The van der Waals surface area contributed by atoms with E-state index in [-0.39, 0.29) is 63.9 Å². The Morgan fingerprint density at radius 1 is 0.818 bits per heavy atom. The summed E-state index contributed by atoms with van der Waals surface area (Å²) >= 11 is 0. The number of carboxylic acid groups (broad SMARTS) is 1. The molecular formula is C18H35KO3. The number of hydrogen-bond donors (Lipinski definition) is 1. The van der Waals surface area contributed by atoms with Crippen LogP contribution in [0.15, 0.2) is 0 Å². The zero-order chi connectivity index (χ0) is 15.8. The Balaban J connectivity index is 0. The molecule has 0 bridgehead atoms. The van der Waals surface area contributed by atoms with Crippen LogP contribution in [-0.4, -0.2) is 17.2 Å². The van der Waals surface area contributed by atoms with Crippen LogP contribution < -0.4 is 56.5 Å². The van der Waals surface area contributed by atoms with Crippen molar-refractivity contribution in [3.63, 3.8) is 0 Å². The average Bonchev–Trinajstić information content (AvgIpc) is 2.45. The Hall–Kier alpha value is 1.07. The topological polar surface area (TPSA) is 60.4 Å². The maximum Gasteiger partial charge on any atom is 1.00 e. The van der Waals surface area contributed by atoms with Gasteiger partial charge in [0, 0.05) is 5.97 Å². The minimum Gasteiger partial charge on any atom is -0.550 e. The first-order valence-electron chi connectivity index (χ1n) is 9.04. The Morgan fingerprint density at radius 3 is 1.68 bits per heavy atom. The molecule has 0 heterocycles. The second-order valence-electron chi connectivity index (χ2n) is 6.24. The van der Waals surface area contributed by atoms with Gasteiger partial charge in [-0.25, -0.2) is 0 Å². The van der Waals surface area contributed by atoms with Gasteiger partial charge in [0.25, 0.3) is 0 Å². The standard InChI is InChI=1S/C18H36O3.K/c1-2-3-4-5-6-7-8-9-11-14-17(19)15-12-10-13-16-18(20)21;/h17,19H,2-16H2,1H3,(H,20,21);/q;+1/p-1. The molecule has 4 heteroatoms. The summed E-state index contributed by atoms with van der Waals surface area (Å²) in [6.45, 7) is 2.24. The molecule has 0 rings (SSSR count). The molecule has 0 aromatic carbocycles. The van der Waals surface area contributed by atoms with E-state index in [0.717, 1.165) is 32.1 Å². The first kappa shape index (κ1) is 25.3. The predicted octanol–water partition coefficient (Wildman–Crippen LogP) is 0.973. The molecule has 1 N–H and O–H groups in total. The van der Waals surface area contributed by atoms with Crippen LogP contribution in [0.5, 0.6) is 0 Å². The second kappa shape index (κ2) is 20.1. The molecule has 0 aromatic rings. The van der Waals surface area contributed by atoms with Gasteiger partial charge >= 0.3 is 51.4 Å². The van der Waals surface area contributed by atoms with Crippen molar-refractivity contribution in [3.05, 3.63) is 0 Å². The summed E-state index contributed by atoms with van der Waals surface area (Å²) in [5, 5.41) is 20.1. The predicted molar refractivity (Wildman–Crippen MR) is 85.9 cm³/mol. The van der Waals surface area contributed by atoms with Crippen molar-refractivity contribution in [2.24, 2.45) is 0 Å². The summed E-state index contributed by atoms with van der Waals surface area (Å²) in [6, 6.07) is 0. The maximum atomic E-state index is 10.2. The van der Waals surface area contributed by atoms with E-state index in [1.54, 1.807) is 0 Å². The minimum atomic E-state index is -0.967. The van der Waals surface area contributed by atoms with Crippen molar-refractivity contribution < 1.29 is 66.4 Å². The number of carboxylic acids is 1. The van der Waals surface area contributed by atoms with Gasteiger partial charge in [-0.1, -0.05) is 77.6 Å². The van der Waals surface area contributed by atoms with E-state index < -0.39 is 5.97 Å². The van der Waals surface area contributed by atoms with Gasteiger partial charge in [-0.05, 0) is 25.7 Å². The van der Waals surface area contributed by atoms with E-state index in [4.69, 9.17) is 0 Å². The van der Waals surface area contributed by atoms with E-state index in [9.17, 15) is 15.0 Å². The van der Waals surface area contributed by atoms with Crippen molar-refractivity contribution >= 4 is 5.97 Å². The average molecular weight is 339 g/mol. The van der Waals surface area contributed by atoms with Gasteiger partial charge < -0.3 is 15.0 Å². The molecule has 3 nitrogen and oxygen atoms in total. The number of aliphatic hydroxyl groups excluding tert-OH is 1. The van der Waals surface area contributed by atoms with Gasteiger partial charge in [-0.2, -0.15) is 0 Å². The first-order valence-corrected chi connectivity index (χ1v) is 9.04. The van der Waals surface area contributed by atoms with E-state index >= 15 is 0 Å². The van der Waals surface area contributed by atoms with Gasteiger partial charge in [-0.15, -0.1) is 0 Å². The molecule has 22 heavy (non-hydrogen) atoms. The summed E-state index contributed by atoms with van der Waals surface area (Å²) in [5.74, 6) is -0.967. The zero-order valence-electron chi connectivity index (χ0n) is 14.9. The molecule has 0 amide bonds.